The highest BCUT2D eigenvalue weighted by Gasteiger charge is 2.17. The molecule has 22 heavy (non-hydrogen) atoms. The fraction of sp³-hybridized carbons (Fsp3) is 0.133. The molecule has 2 aromatic rings. The van der Waals surface area contributed by atoms with Gasteiger partial charge in [-0.1, -0.05) is 17.7 Å². The van der Waals surface area contributed by atoms with Gasteiger partial charge in [0.05, 0.1) is 12.8 Å². The van der Waals surface area contributed by atoms with E-state index in [-0.39, 0.29) is 0 Å². The first kappa shape index (κ1) is 15.8. The number of ether oxygens (including phenoxy) is 1. The van der Waals surface area contributed by atoms with Gasteiger partial charge in [-0.3, -0.25) is 9.59 Å². The number of amides is 2. The molecule has 2 amide bonds. The van der Waals surface area contributed by atoms with Crippen LogP contribution in [0.5, 0.6) is 5.75 Å². The summed E-state index contributed by atoms with van der Waals surface area (Å²) in [6.07, 6.45) is 1.51. The molecule has 0 bridgehead atoms. The van der Waals surface area contributed by atoms with Crippen molar-refractivity contribution in [3.8, 4) is 5.75 Å². The van der Waals surface area contributed by atoms with Crippen molar-refractivity contribution in [2.75, 3.05) is 17.7 Å². The molecule has 1 aromatic carbocycles. The van der Waals surface area contributed by atoms with Gasteiger partial charge >= 0.3 is 11.8 Å². The number of aryl methyl sites for hydroxylation is 1. The normalized spacial score (nSPS) is 9.95. The summed E-state index contributed by atoms with van der Waals surface area (Å²) >= 11 is 5.99. The molecular weight excluding hydrogens is 306 g/mol. The van der Waals surface area contributed by atoms with Crippen LogP contribution in [-0.2, 0) is 9.59 Å². The summed E-state index contributed by atoms with van der Waals surface area (Å²) in [5, 5.41) is 5.39. The van der Waals surface area contributed by atoms with E-state index in [0.717, 1.165) is 5.56 Å². The number of nitrogens with zero attached hydrogens (tertiary/aromatic N) is 1. The molecule has 0 atom stereocenters. The van der Waals surface area contributed by atoms with E-state index in [4.69, 9.17) is 16.3 Å². The maximum absolute atomic E-state index is 11.9. The van der Waals surface area contributed by atoms with E-state index in [9.17, 15) is 9.59 Å². The number of halogens is 1. The quantitative estimate of drug-likeness (QED) is 0.852. The van der Waals surface area contributed by atoms with Gasteiger partial charge < -0.3 is 15.4 Å². The van der Waals surface area contributed by atoms with Crippen LogP contribution in [0.2, 0.25) is 5.02 Å². The Balaban J connectivity index is 2.12. The van der Waals surface area contributed by atoms with E-state index in [1.807, 2.05) is 0 Å². The van der Waals surface area contributed by atoms with E-state index in [2.05, 4.69) is 15.6 Å². The number of rotatable bonds is 3. The minimum absolute atomic E-state index is 0.293. The molecule has 0 saturated carbocycles. The molecule has 7 heteroatoms. The van der Waals surface area contributed by atoms with Crippen LogP contribution in [0.4, 0.5) is 11.5 Å². The Hall–Kier alpha value is -2.60. The van der Waals surface area contributed by atoms with Crippen LogP contribution >= 0.6 is 11.6 Å². The zero-order valence-electron chi connectivity index (χ0n) is 12.0. The first-order valence-electron chi connectivity index (χ1n) is 6.38. The molecule has 0 saturated heterocycles. The molecule has 0 radical (unpaired) electrons. The number of benzene rings is 1. The molecule has 114 valence electrons. The van der Waals surface area contributed by atoms with Crippen LogP contribution < -0.4 is 15.4 Å². The summed E-state index contributed by atoms with van der Waals surface area (Å²) in [5.74, 6) is -0.990. The van der Waals surface area contributed by atoms with Gasteiger partial charge in [0, 0.05) is 17.3 Å². The lowest BCUT2D eigenvalue weighted by molar-refractivity contribution is -0.133. The Labute approximate surface area is 132 Å². The number of methoxy groups -OCH3 is 1. The third kappa shape index (κ3) is 3.73. The van der Waals surface area contributed by atoms with Gasteiger partial charge in [0.1, 0.15) is 11.6 Å². The Morgan fingerprint density at radius 3 is 2.55 bits per heavy atom. The molecule has 1 heterocycles. The molecular formula is C15H14ClN3O3. The second kappa shape index (κ2) is 6.91. The van der Waals surface area contributed by atoms with E-state index in [1.54, 1.807) is 37.3 Å². The number of carbonyl (C=O) groups excluding carboxylic acids is 2. The molecule has 0 unspecified atom stereocenters. The van der Waals surface area contributed by atoms with E-state index < -0.39 is 11.8 Å². The van der Waals surface area contributed by atoms with Gasteiger partial charge in [0.25, 0.3) is 0 Å². The van der Waals surface area contributed by atoms with Gasteiger partial charge in [-0.25, -0.2) is 4.98 Å². The van der Waals surface area contributed by atoms with Crippen molar-refractivity contribution in [3.05, 3.63) is 47.1 Å². The SMILES string of the molecule is COc1cc(Cl)c(C)cc1NC(=O)C(=O)Nc1ccccn1. The number of nitrogens with one attached hydrogen (secondary N) is 2. The lowest BCUT2D eigenvalue weighted by Gasteiger charge is -2.12. The Morgan fingerprint density at radius 2 is 1.91 bits per heavy atom. The second-order valence-corrected chi connectivity index (χ2v) is 4.83. The fourth-order valence-corrected chi connectivity index (χ4v) is 1.87. The van der Waals surface area contributed by atoms with Crippen molar-refractivity contribution in [2.45, 2.75) is 6.92 Å². The van der Waals surface area contributed by atoms with E-state index in [1.165, 1.54) is 13.3 Å². The van der Waals surface area contributed by atoms with E-state index in [0.29, 0.717) is 22.3 Å². The minimum atomic E-state index is -0.828. The lowest BCUT2D eigenvalue weighted by Crippen LogP contribution is -2.29. The summed E-state index contributed by atoms with van der Waals surface area (Å²) in [5.41, 5.74) is 1.12. The molecule has 0 aliphatic heterocycles. The summed E-state index contributed by atoms with van der Waals surface area (Å²) in [6.45, 7) is 1.78. The van der Waals surface area contributed by atoms with Gasteiger partial charge in [-0.2, -0.15) is 0 Å². The van der Waals surface area contributed by atoms with Gasteiger partial charge in [0.15, 0.2) is 0 Å². The standard InChI is InChI=1S/C15H14ClN3O3/c1-9-7-11(12(22-2)8-10(9)16)18-14(20)15(21)19-13-5-3-4-6-17-13/h3-8H,1-2H3,(H,18,20)(H,17,19,21). The van der Waals surface area contributed by atoms with Crippen LogP contribution in [-0.4, -0.2) is 23.9 Å². The highest BCUT2D eigenvalue weighted by molar-refractivity contribution is 6.43. The second-order valence-electron chi connectivity index (χ2n) is 4.42. The average Bonchev–Trinajstić information content (AvgIpc) is 2.51. The zero-order valence-corrected chi connectivity index (χ0v) is 12.8. The molecule has 0 spiro atoms. The van der Waals surface area contributed by atoms with Gasteiger partial charge in [-0.05, 0) is 30.7 Å². The third-order valence-corrected chi connectivity index (χ3v) is 3.25. The maximum atomic E-state index is 11.9. The third-order valence-electron chi connectivity index (χ3n) is 2.84. The van der Waals surface area contributed by atoms with Gasteiger partial charge in [-0.15, -0.1) is 0 Å². The Morgan fingerprint density at radius 1 is 1.18 bits per heavy atom. The smallest absolute Gasteiger partial charge is 0.315 e. The number of hydrogen-bond donors (Lipinski definition) is 2. The zero-order chi connectivity index (χ0) is 16.1. The summed E-state index contributed by atoms with van der Waals surface area (Å²) in [7, 11) is 1.45. The van der Waals surface area contributed by atoms with Crippen molar-refractivity contribution in [2.24, 2.45) is 0 Å². The van der Waals surface area contributed by atoms with Crippen LogP contribution in [0.1, 0.15) is 5.56 Å². The average molecular weight is 320 g/mol. The predicted octanol–water partition coefficient (Wildman–Crippen LogP) is 2.63. The monoisotopic (exact) mass is 319 g/mol. The topological polar surface area (TPSA) is 80.3 Å². The summed E-state index contributed by atoms with van der Waals surface area (Å²) in [4.78, 5) is 27.7. The van der Waals surface area contributed by atoms with E-state index >= 15 is 0 Å². The first-order valence-corrected chi connectivity index (χ1v) is 6.76. The summed E-state index contributed by atoms with van der Waals surface area (Å²) < 4.78 is 5.14. The molecule has 0 aliphatic carbocycles. The lowest BCUT2D eigenvalue weighted by atomic mass is 10.2. The Bertz CT molecular complexity index is 705. The Kier molecular flexibility index (Phi) is 4.95. The first-order chi connectivity index (χ1) is 10.5. The number of anilines is 2. The van der Waals surface area contributed by atoms with Crippen molar-refractivity contribution in [3.63, 3.8) is 0 Å². The molecule has 0 fully saturated rings. The number of pyridine rings is 1. The van der Waals surface area contributed by atoms with Crippen LogP contribution in [0.3, 0.4) is 0 Å². The van der Waals surface area contributed by atoms with Crippen molar-refractivity contribution >= 4 is 34.9 Å². The maximum Gasteiger partial charge on any atom is 0.315 e. The van der Waals surface area contributed by atoms with Crippen molar-refractivity contribution in [1.82, 2.24) is 4.98 Å². The van der Waals surface area contributed by atoms with Crippen LogP contribution in [0.15, 0.2) is 36.5 Å². The molecule has 2 N–H and O–H groups in total. The fourth-order valence-electron chi connectivity index (χ4n) is 1.72. The molecule has 2 rings (SSSR count). The summed E-state index contributed by atoms with van der Waals surface area (Å²) in [6, 6.07) is 8.19. The highest BCUT2D eigenvalue weighted by atomic mass is 35.5. The number of carbonyl (C=O) groups is 2. The van der Waals surface area contributed by atoms with Crippen LogP contribution in [0.25, 0.3) is 0 Å². The van der Waals surface area contributed by atoms with Gasteiger partial charge in [0.2, 0.25) is 0 Å². The minimum Gasteiger partial charge on any atom is -0.495 e. The molecule has 1 aromatic heterocycles. The predicted molar refractivity (Wildman–Crippen MR) is 84.2 cm³/mol. The number of hydrogen-bond acceptors (Lipinski definition) is 4. The number of aromatic nitrogens is 1. The highest BCUT2D eigenvalue weighted by Crippen LogP contribution is 2.30. The van der Waals surface area contributed by atoms with Crippen LogP contribution in [0, 0.1) is 6.92 Å². The largest absolute Gasteiger partial charge is 0.495 e. The molecule has 0 aliphatic rings. The van der Waals surface area contributed by atoms with Crippen molar-refractivity contribution < 1.29 is 14.3 Å². The molecule has 6 nitrogen and oxygen atoms in total. The van der Waals surface area contributed by atoms with Crippen molar-refractivity contribution in [1.29, 1.82) is 0 Å².